The van der Waals surface area contributed by atoms with E-state index in [2.05, 4.69) is 78.3 Å². The maximum atomic E-state index is 13.8. The van der Waals surface area contributed by atoms with Crippen LogP contribution in [0.3, 0.4) is 0 Å². The zero-order valence-electron chi connectivity index (χ0n) is 25.8. The van der Waals surface area contributed by atoms with Crippen molar-refractivity contribution >= 4 is 33.9 Å². The van der Waals surface area contributed by atoms with Crippen LogP contribution in [0.2, 0.25) is 0 Å². The number of methoxy groups -OCH3 is 1. The van der Waals surface area contributed by atoms with Crippen LogP contribution < -0.4 is 4.74 Å². The van der Waals surface area contributed by atoms with Crippen LogP contribution in [0.5, 0.6) is 5.75 Å². The number of carbonyl (C=O) groups excluding carboxylic acids is 1. The zero-order chi connectivity index (χ0) is 29.1. The molecule has 3 fully saturated rings. The molecule has 6 heteroatoms. The van der Waals surface area contributed by atoms with Gasteiger partial charge in [-0.2, -0.15) is 0 Å². The van der Waals surface area contributed by atoms with Crippen molar-refractivity contribution in [3.8, 4) is 17.3 Å². The molecule has 2 aliphatic carbocycles. The fourth-order valence-electron chi connectivity index (χ4n) is 7.41. The average Bonchev–Trinajstić information content (AvgIpc) is 3.56. The number of allylic oxidation sites excluding steroid dienone is 1. The molecular formula is C36H44N4O2. The van der Waals surface area contributed by atoms with E-state index in [1.807, 2.05) is 12.1 Å². The molecule has 220 valence electrons. The number of likely N-dealkylation sites (tertiary alicyclic amines) is 1. The van der Waals surface area contributed by atoms with Gasteiger partial charge in [0.05, 0.1) is 18.3 Å². The summed E-state index contributed by atoms with van der Waals surface area (Å²) in [6.07, 6.45) is 11.7. The van der Waals surface area contributed by atoms with Gasteiger partial charge >= 0.3 is 0 Å². The highest BCUT2D eigenvalue weighted by atomic mass is 16.5. The third-order valence-corrected chi connectivity index (χ3v) is 10.1. The highest BCUT2D eigenvalue weighted by Crippen LogP contribution is 2.46. The SMILES string of the molecule is CC[C@@H]1CN(C(=O)c2cc(OC)c3c(c2)nc(-c2cc4ccc(/C=C/CC(C)C)cc4n2CC2CC2)n3C)C2CC[C@@H]21. The molecule has 2 aromatic carbocycles. The second kappa shape index (κ2) is 10.6. The number of aromatic nitrogens is 3. The van der Waals surface area contributed by atoms with Crippen LogP contribution in [0.25, 0.3) is 39.5 Å². The normalized spacial score (nSPS) is 22.0. The molecule has 2 aromatic heterocycles. The van der Waals surface area contributed by atoms with Crippen molar-refractivity contribution in [3.63, 3.8) is 0 Å². The molecule has 0 spiro atoms. The van der Waals surface area contributed by atoms with Crippen LogP contribution in [-0.2, 0) is 13.6 Å². The zero-order valence-corrected chi connectivity index (χ0v) is 25.8. The quantitative estimate of drug-likeness (QED) is 0.207. The summed E-state index contributed by atoms with van der Waals surface area (Å²) in [7, 11) is 3.76. The Hall–Kier alpha value is -3.54. The van der Waals surface area contributed by atoms with Crippen molar-refractivity contribution in [2.24, 2.45) is 30.7 Å². The number of ether oxygens (including phenoxy) is 1. The molecule has 4 aromatic rings. The fraction of sp³-hybridized carbons (Fsp3) is 0.500. The minimum atomic E-state index is 0.119. The van der Waals surface area contributed by atoms with E-state index in [0.717, 1.165) is 60.8 Å². The van der Waals surface area contributed by atoms with E-state index in [9.17, 15) is 4.79 Å². The Morgan fingerprint density at radius 2 is 1.95 bits per heavy atom. The first-order chi connectivity index (χ1) is 20.4. The molecular weight excluding hydrogens is 520 g/mol. The van der Waals surface area contributed by atoms with E-state index in [-0.39, 0.29) is 5.91 Å². The lowest BCUT2D eigenvalue weighted by molar-refractivity contribution is 0.0633. The van der Waals surface area contributed by atoms with Gasteiger partial charge in [-0.1, -0.05) is 51.5 Å². The van der Waals surface area contributed by atoms with Gasteiger partial charge in [0.1, 0.15) is 11.3 Å². The molecule has 3 aliphatic rings. The molecule has 1 saturated heterocycles. The molecule has 1 aliphatic heterocycles. The summed E-state index contributed by atoms with van der Waals surface area (Å²) in [5, 5.41) is 1.23. The summed E-state index contributed by atoms with van der Waals surface area (Å²) in [4.78, 5) is 21.2. The fourth-order valence-corrected chi connectivity index (χ4v) is 7.41. The second-order valence-electron chi connectivity index (χ2n) is 13.4. The molecule has 3 atom stereocenters. The largest absolute Gasteiger partial charge is 0.494 e. The Morgan fingerprint density at radius 1 is 1.12 bits per heavy atom. The van der Waals surface area contributed by atoms with E-state index < -0.39 is 0 Å². The van der Waals surface area contributed by atoms with Crippen molar-refractivity contribution in [2.75, 3.05) is 13.7 Å². The first-order valence-corrected chi connectivity index (χ1v) is 16.0. The van der Waals surface area contributed by atoms with E-state index in [1.165, 1.54) is 35.7 Å². The van der Waals surface area contributed by atoms with E-state index in [4.69, 9.17) is 9.72 Å². The summed E-state index contributed by atoms with van der Waals surface area (Å²) in [5.74, 6) is 4.40. The molecule has 0 N–H and O–H groups in total. The van der Waals surface area contributed by atoms with Gasteiger partial charge in [-0.15, -0.1) is 0 Å². The first kappa shape index (κ1) is 27.3. The van der Waals surface area contributed by atoms with Gasteiger partial charge in [-0.3, -0.25) is 4.79 Å². The summed E-state index contributed by atoms with van der Waals surface area (Å²) >= 11 is 0. The average molecular weight is 565 g/mol. The van der Waals surface area contributed by atoms with Crippen molar-refractivity contribution in [1.29, 1.82) is 0 Å². The van der Waals surface area contributed by atoms with Crippen LogP contribution in [-0.4, -0.2) is 44.6 Å². The number of hydrogen-bond donors (Lipinski definition) is 0. The lowest BCUT2D eigenvalue weighted by atomic mass is 9.74. The summed E-state index contributed by atoms with van der Waals surface area (Å²) in [6, 6.07) is 13.4. The molecule has 1 amide bonds. The number of aryl methyl sites for hydroxylation is 1. The predicted molar refractivity (Wildman–Crippen MR) is 171 cm³/mol. The van der Waals surface area contributed by atoms with Crippen LogP contribution >= 0.6 is 0 Å². The Bertz CT molecular complexity index is 1690. The van der Waals surface area contributed by atoms with Gasteiger partial charge < -0.3 is 18.8 Å². The Kier molecular flexibility index (Phi) is 6.91. The van der Waals surface area contributed by atoms with Gasteiger partial charge in [0, 0.05) is 42.6 Å². The van der Waals surface area contributed by atoms with Gasteiger partial charge in [0.25, 0.3) is 5.91 Å². The Labute approximate surface area is 249 Å². The predicted octanol–water partition coefficient (Wildman–Crippen LogP) is 7.93. The molecule has 6 nitrogen and oxygen atoms in total. The Balaban J connectivity index is 1.30. The summed E-state index contributed by atoms with van der Waals surface area (Å²) < 4.78 is 10.5. The summed E-state index contributed by atoms with van der Waals surface area (Å²) in [5.41, 5.74) is 6.04. The third-order valence-electron chi connectivity index (χ3n) is 10.1. The molecule has 2 saturated carbocycles. The standard InChI is InChI=1S/C36H44N4O2/c1-6-25-21-40(30-15-14-28(25)30)36(41)27-17-29-34(33(19-27)42-5)38(4)35(37-29)32-18-26-13-12-23(9-7-8-22(2)3)16-31(26)39(32)20-24-10-11-24/h7,9,12-13,16-19,22,24-25,28,30H,6,8,10-11,14-15,20-21H2,1-5H3/b9-7+/t25-,28-,30?/m1/s1. The number of nitrogens with zero attached hydrogens (tertiary/aromatic N) is 4. The maximum Gasteiger partial charge on any atom is 0.254 e. The minimum absolute atomic E-state index is 0.119. The van der Waals surface area contributed by atoms with Crippen LogP contribution in [0.1, 0.15) is 75.2 Å². The van der Waals surface area contributed by atoms with E-state index >= 15 is 0 Å². The van der Waals surface area contributed by atoms with Gasteiger partial charge in [0.15, 0.2) is 5.82 Å². The highest BCUT2D eigenvalue weighted by molar-refractivity contribution is 6.00. The monoisotopic (exact) mass is 564 g/mol. The lowest BCUT2D eigenvalue weighted by Gasteiger charge is -2.37. The number of benzene rings is 2. The molecule has 7 rings (SSSR count). The first-order valence-electron chi connectivity index (χ1n) is 16.0. The lowest BCUT2D eigenvalue weighted by Crippen LogP contribution is -2.43. The van der Waals surface area contributed by atoms with E-state index in [0.29, 0.717) is 35.1 Å². The van der Waals surface area contributed by atoms with Crippen molar-refractivity contribution in [1.82, 2.24) is 19.0 Å². The number of hydrogen-bond acceptors (Lipinski definition) is 3. The number of fused-ring (bicyclic) bond motifs is 3. The smallest absolute Gasteiger partial charge is 0.254 e. The van der Waals surface area contributed by atoms with Crippen LogP contribution in [0, 0.1) is 23.7 Å². The topological polar surface area (TPSA) is 52.3 Å². The maximum absolute atomic E-state index is 13.8. The Morgan fingerprint density at radius 3 is 2.62 bits per heavy atom. The number of rotatable bonds is 9. The second-order valence-corrected chi connectivity index (χ2v) is 13.4. The van der Waals surface area contributed by atoms with E-state index in [1.54, 1.807) is 7.11 Å². The third kappa shape index (κ3) is 4.63. The molecule has 3 heterocycles. The molecule has 42 heavy (non-hydrogen) atoms. The van der Waals surface area contributed by atoms with Gasteiger partial charge in [-0.25, -0.2) is 4.98 Å². The van der Waals surface area contributed by atoms with Crippen molar-refractivity contribution in [2.45, 2.75) is 71.9 Å². The van der Waals surface area contributed by atoms with Crippen molar-refractivity contribution < 1.29 is 9.53 Å². The minimum Gasteiger partial charge on any atom is -0.494 e. The van der Waals surface area contributed by atoms with Gasteiger partial charge in [-0.05, 0) is 85.6 Å². The van der Waals surface area contributed by atoms with Crippen molar-refractivity contribution in [3.05, 3.63) is 53.6 Å². The van der Waals surface area contributed by atoms with Crippen LogP contribution in [0.4, 0.5) is 0 Å². The number of amides is 1. The van der Waals surface area contributed by atoms with Crippen LogP contribution in [0.15, 0.2) is 42.5 Å². The summed E-state index contributed by atoms with van der Waals surface area (Å²) in [6.45, 7) is 8.63. The molecule has 1 unspecified atom stereocenters. The van der Waals surface area contributed by atoms with Gasteiger partial charge in [0.2, 0.25) is 0 Å². The number of imidazole rings is 1. The molecule has 0 radical (unpaired) electrons. The number of carbonyl (C=O) groups is 1. The highest BCUT2D eigenvalue weighted by Gasteiger charge is 2.48. The molecule has 0 bridgehead atoms.